The molecule has 0 spiro atoms. The maximum Gasteiger partial charge on any atom is 0.232 e. The van der Waals surface area contributed by atoms with Crippen molar-refractivity contribution < 1.29 is 13.2 Å². The molecule has 17 heavy (non-hydrogen) atoms. The van der Waals surface area contributed by atoms with Gasteiger partial charge in [-0.3, -0.25) is 4.68 Å². The molecule has 0 saturated heterocycles. The molecule has 0 fully saturated rings. The average Bonchev–Trinajstić information content (AvgIpc) is 2.36. The fraction of sp³-hybridized carbons (Fsp3) is 0.700. The lowest BCUT2D eigenvalue weighted by molar-refractivity contribution is 0.268. The molecule has 0 aliphatic carbocycles. The van der Waals surface area contributed by atoms with E-state index >= 15 is 0 Å². The zero-order valence-electron chi connectivity index (χ0n) is 10.4. The molecular formula is C10H17ClN2O3S. The second-order valence-corrected chi connectivity index (χ2v) is 7.07. The summed E-state index contributed by atoms with van der Waals surface area (Å²) in [7, 11) is 3.54. The second-order valence-electron chi connectivity index (χ2n) is 4.25. The SMILES string of the molecule is Cc1nn(C)c(C)c1OCC(C)CS(=O)(=O)Cl. The van der Waals surface area contributed by atoms with Crippen LogP contribution in [-0.2, 0) is 16.1 Å². The highest BCUT2D eigenvalue weighted by molar-refractivity contribution is 8.13. The van der Waals surface area contributed by atoms with E-state index in [4.69, 9.17) is 15.4 Å². The van der Waals surface area contributed by atoms with Crippen molar-refractivity contribution in [2.45, 2.75) is 20.8 Å². The highest BCUT2D eigenvalue weighted by Gasteiger charge is 2.16. The summed E-state index contributed by atoms with van der Waals surface area (Å²) in [5, 5.41) is 4.21. The molecule has 0 aliphatic heterocycles. The maximum atomic E-state index is 10.9. The van der Waals surface area contributed by atoms with Gasteiger partial charge in [0.1, 0.15) is 5.69 Å². The number of ether oxygens (including phenoxy) is 1. The number of hydrogen-bond acceptors (Lipinski definition) is 4. The van der Waals surface area contributed by atoms with E-state index in [9.17, 15) is 8.42 Å². The second kappa shape index (κ2) is 5.27. The van der Waals surface area contributed by atoms with Crippen molar-refractivity contribution in [2.24, 2.45) is 13.0 Å². The third-order valence-corrected chi connectivity index (χ3v) is 3.78. The van der Waals surface area contributed by atoms with E-state index in [0.717, 1.165) is 11.4 Å². The summed E-state index contributed by atoms with van der Waals surface area (Å²) >= 11 is 0. The van der Waals surface area contributed by atoms with E-state index in [2.05, 4.69) is 5.10 Å². The van der Waals surface area contributed by atoms with Gasteiger partial charge in [0.25, 0.3) is 0 Å². The zero-order chi connectivity index (χ0) is 13.2. The first kappa shape index (κ1) is 14.3. The first-order valence-corrected chi connectivity index (χ1v) is 7.74. The molecular weight excluding hydrogens is 264 g/mol. The van der Waals surface area contributed by atoms with Crippen LogP contribution in [0.4, 0.5) is 0 Å². The molecule has 0 bridgehead atoms. The van der Waals surface area contributed by atoms with Crippen molar-refractivity contribution in [2.75, 3.05) is 12.4 Å². The topological polar surface area (TPSA) is 61.2 Å². The van der Waals surface area contributed by atoms with E-state index in [1.54, 1.807) is 11.6 Å². The molecule has 0 N–H and O–H groups in total. The Bertz CT molecular complexity index is 496. The molecule has 1 rings (SSSR count). The molecule has 1 atom stereocenters. The van der Waals surface area contributed by atoms with Crippen molar-refractivity contribution in [3.8, 4) is 5.75 Å². The van der Waals surface area contributed by atoms with Crippen LogP contribution in [0.15, 0.2) is 0 Å². The third kappa shape index (κ3) is 4.20. The van der Waals surface area contributed by atoms with Crippen molar-refractivity contribution in [3.05, 3.63) is 11.4 Å². The molecule has 0 aliphatic rings. The Morgan fingerprint density at radius 1 is 1.47 bits per heavy atom. The van der Waals surface area contributed by atoms with Gasteiger partial charge in [0.05, 0.1) is 18.1 Å². The van der Waals surface area contributed by atoms with E-state index in [0.29, 0.717) is 12.4 Å². The Kier molecular flexibility index (Phi) is 4.43. The molecule has 1 aromatic heterocycles. The quantitative estimate of drug-likeness (QED) is 0.769. The molecule has 0 radical (unpaired) electrons. The van der Waals surface area contributed by atoms with Crippen LogP contribution in [-0.4, -0.2) is 30.6 Å². The van der Waals surface area contributed by atoms with Crippen molar-refractivity contribution in [1.29, 1.82) is 0 Å². The standard InChI is InChI=1S/C10H17ClN2O3S/c1-7(6-17(11,14)15)5-16-10-8(2)12-13(4)9(10)3/h7H,5-6H2,1-4H3. The van der Waals surface area contributed by atoms with E-state index < -0.39 is 9.05 Å². The molecule has 0 aromatic carbocycles. The van der Waals surface area contributed by atoms with Crippen LogP contribution in [0.25, 0.3) is 0 Å². The van der Waals surface area contributed by atoms with Gasteiger partial charge in [0, 0.05) is 23.6 Å². The Morgan fingerprint density at radius 2 is 2.06 bits per heavy atom. The van der Waals surface area contributed by atoms with Crippen LogP contribution < -0.4 is 4.74 Å². The molecule has 1 unspecified atom stereocenters. The Morgan fingerprint density at radius 3 is 2.47 bits per heavy atom. The van der Waals surface area contributed by atoms with Crippen LogP contribution in [0, 0.1) is 19.8 Å². The molecule has 0 saturated carbocycles. The van der Waals surface area contributed by atoms with Gasteiger partial charge in [0.2, 0.25) is 9.05 Å². The Hall–Kier alpha value is -0.750. The first-order valence-electron chi connectivity index (χ1n) is 5.26. The summed E-state index contributed by atoms with van der Waals surface area (Å²) in [6.07, 6.45) is 0. The summed E-state index contributed by atoms with van der Waals surface area (Å²) in [5.41, 5.74) is 1.72. The summed E-state index contributed by atoms with van der Waals surface area (Å²) in [5.74, 6) is 0.468. The lowest BCUT2D eigenvalue weighted by Crippen LogP contribution is -2.16. The van der Waals surface area contributed by atoms with Gasteiger partial charge in [-0.05, 0) is 13.8 Å². The molecule has 1 aromatic rings. The molecule has 5 nitrogen and oxygen atoms in total. The lowest BCUT2D eigenvalue weighted by Gasteiger charge is -2.11. The van der Waals surface area contributed by atoms with Crippen LogP contribution >= 0.6 is 10.7 Å². The summed E-state index contributed by atoms with van der Waals surface area (Å²) in [6, 6.07) is 0. The van der Waals surface area contributed by atoms with Gasteiger partial charge in [-0.1, -0.05) is 6.92 Å². The fourth-order valence-corrected chi connectivity index (χ4v) is 3.00. The predicted molar refractivity (Wildman–Crippen MR) is 67.0 cm³/mol. The molecule has 1 heterocycles. The highest BCUT2D eigenvalue weighted by Crippen LogP contribution is 2.22. The maximum absolute atomic E-state index is 10.9. The molecule has 0 amide bonds. The monoisotopic (exact) mass is 280 g/mol. The smallest absolute Gasteiger partial charge is 0.232 e. The minimum atomic E-state index is -3.47. The third-order valence-electron chi connectivity index (χ3n) is 2.44. The molecule has 98 valence electrons. The number of halogens is 1. The molecule has 7 heteroatoms. The number of aryl methyl sites for hydroxylation is 2. The average molecular weight is 281 g/mol. The summed E-state index contributed by atoms with van der Waals surface area (Å²) in [4.78, 5) is 0. The highest BCUT2D eigenvalue weighted by atomic mass is 35.7. The van der Waals surface area contributed by atoms with E-state index in [1.807, 2.05) is 20.9 Å². The van der Waals surface area contributed by atoms with Crippen LogP contribution in [0.2, 0.25) is 0 Å². The van der Waals surface area contributed by atoms with Gasteiger partial charge in [-0.25, -0.2) is 8.42 Å². The summed E-state index contributed by atoms with van der Waals surface area (Å²) in [6.45, 7) is 5.84. The van der Waals surface area contributed by atoms with Crippen LogP contribution in [0.5, 0.6) is 5.75 Å². The van der Waals surface area contributed by atoms with Crippen molar-refractivity contribution in [1.82, 2.24) is 9.78 Å². The number of rotatable bonds is 5. The van der Waals surface area contributed by atoms with Gasteiger partial charge >= 0.3 is 0 Å². The van der Waals surface area contributed by atoms with Gasteiger partial charge in [0.15, 0.2) is 5.75 Å². The number of hydrogen-bond donors (Lipinski definition) is 0. The lowest BCUT2D eigenvalue weighted by atomic mass is 10.2. The van der Waals surface area contributed by atoms with Crippen molar-refractivity contribution >= 4 is 19.7 Å². The van der Waals surface area contributed by atoms with Crippen molar-refractivity contribution in [3.63, 3.8) is 0 Å². The van der Waals surface area contributed by atoms with E-state index in [1.165, 1.54) is 0 Å². The predicted octanol–water partition coefficient (Wildman–Crippen LogP) is 1.62. The number of aromatic nitrogens is 2. The number of nitrogens with zero attached hydrogens (tertiary/aromatic N) is 2. The van der Waals surface area contributed by atoms with Gasteiger partial charge < -0.3 is 4.74 Å². The Labute approximate surface area is 106 Å². The largest absolute Gasteiger partial charge is 0.489 e. The van der Waals surface area contributed by atoms with E-state index in [-0.39, 0.29) is 11.7 Å². The van der Waals surface area contributed by atoms with Crippen LogP contribution in [0.1, 0.15) is 18.3 Å². The normalized spacial score (nSPS) is 13.7. The van der Waals surface area contributed by atoms with Gasteiger partial charge in [-0.2, -0.15) is 5.10 Å². The Balaban J connectivity index is 2.62. The zero-order valence-corrected chi connectivity index (χ0v) is 12.0. The summed E-state index contributed by atoms with van der Waals surface area (Å²) < 4.78 is 29.1. The minimum absolute atomic E-state index is 0.0904. The minimum Gasteiger partial charge on any atom is -0.489 e. The first-order chi connectivity index (χ1) is 7.70. The fourth-order valence-electron chi connectivity index (χ4n) is 1.58. The van der Waals surface area contributed by atoms with Gasteiger partial charge in [-0.15, -0.1) is 0 Å². The van der Waals surface area contributed by atoms with Crippen LogP contribution in [0.3, 0.4) is 0 Å².